The molecule has 1 aromatic carbocycles. The molecular weight excluding hydrogens is 388 g/mol. The minimum Gasteiger partial charge on any atom is -0.387 e. The maximum atomic E-state index is 12.4. The van der Waals surface area contributed by atoms with E-state index < -0.39 is 47.4 Å². The van der Waals surface area contributed by atoms with E-state index >= 15 is 0 Å². The van der Waals surface area contributed by atoms with Crippen LogP contribution in [-0.2, 0) is 28.5 Å². The summed E-state index contributed by atoms with van der Waals surface area (Å²) in [6.45, 7) is 5.85. The highest BCUT2D eigenvalue weighted by atomic mass is 32.2. The highest BCUT2D eigenvalue weighted by Gasteiger charge is 2.46. The number of hydrogen-bond acceptors (Lipinski definition) is 8. The molecule has 0 spiro atoms. The van der Waals surface area contributed by atoms with E-state index in [0.717, 1.165) is 18.4 Å². The maximum Gasteiger partial charge on any atom is 0.297 e. The van der Waals surface area contributed by atoms with Crippen molar-refractivity contribution in [3.63, 3.8) is 0 Å². The van der Waals surface area contributed by atoms with Gasteiger partial charge in [-0.2, -0.15) is 8.42 Å². The molecule has 0 unspecified atom stereocenters. The molecular formula is C19H30O8S. The van der Waals surface area contributed by atoms with Crippen LogP contribution in [0, 0.1) is 6.92 Å². The van der Waals surface area contributed by atoms with Gasteiger partial charge in [-0.05, 0) is 32.4 Å². The third kappa shape index (κ3) is 5.96. The zero-order valence-corrected chi connectivity index (χ0v) is 17.3. The lowest BCUT2D eigenvalue weighted by atomic mass is 9.99. The van der Waals surface area contributed by atoms with Gasteiger partial charge < -0.3 is 24.4 Å². The van der Waals surface area contributed by atoms with Crippen molar-refractivity contribution in [2.45, 2.75) is 69.2 Å². The number of aliphatic hydroxyl groups is 2. The van der Waals surface area contributed by atoms with Crippen LogP contribution in [0.5, 0.6) is 0 Å². The molecule has 0 aromatic heterocycles. The number of rotatable bonds is 10. The molecule has 1 saturated heterocycles. The second kappa shape index (κ2) is 10.6. The number of aliphatic hydroxyl groups excluding tert-OH is 2. The standard InChI is InChI=1S/C19H30O8S/c1-4-6-11-25-19-18(24-5-2)17(21)16(20)15(27-19)12-26-28(22,23)14-9-7-13(3)8-10-14/h7-10,15-21H,4-6,11-12H2,1-3H3/t15-,16-,17+,18-,19+/m1/s1. The van der Waals surface area contributed by atoms with Crippen molar-refractivity contribution in [3.8, 4) is 0 Å². The Kier molecular flexibility index (Phi) is 8.81. The van der Waals surface area contributed by atoms with Crippen molar-refractivity contribution in [3.05, 3.63) is 29.8 Å². The summed E-state index contributed by atoms with van der Waals surface area (Å²) in [6.07, 6.45) is -3.86. The fourth-order valence-electron chi connectivity index (χ4n) is 2.82. The fourth-order valence-corrected chi connectivity index (χ4v) is 3.74. The first-order valence-electron chi connectivity index (χ1n) is 9.51. The van der Waals surface area contributed by atoms with Crippen LogP contribution in [0.25, 0.3) is 0 Å². The van der Waals surface area contributed by atoms with Crippen molar-refractivity contribution >= 4 is 10.1 Å². The molecule has 8 nitrogen and oxygen atoms in total. The summed E-state index contributed by atoms with van der Waals surface area (Å²) in [6, 6.07) is 6.21. The first-order valence-corrected chi connectivity index (χ1v) is 10.9. The first kappa shape index (κ1) is 23.2. The molecule has 5 atom stereocenters. The molecule has 0 aliphatic carbocycles. The zero-order chi connectivity index (χ0) is 20.7. The van der Waals surface area contributed by atoms with Crippen LogP contribution in [0.3, 0.4) is 0 Å². The summed E-state index contributed by atoms with van der Waals surface area (Å²) >= 11 is 0. The van der Waals surface area contributed by atoms with Crippen molar-refractivity contribution < 1.29 is 37.0 Å². The summed E-state index contributed by atoms with van der Waals surface area (Å²) in [4.78, 5) is 0.00638. The smallest absolute Gasteiger partial charge is 0.297 e. The molecule has 0 radical (unpaired) electrons. The summed E-state index contributed by atoms with van der Waals surface area (Å²) in [7, 11) is -4.02. The van der Waals surface area contributed by atoms with Crippen LogP contribution < -0.4 is 0 Å². The van der Waals surface area contributed by atoms with Gasteiger partial charge in [-0.25, -0.2) is 0 Å². The normalized spacial score (nSPS) is 28.4. The van der Waals surface area contributed by atoms with Crippen LogP contribution in [0.2, 0.25) is 0 Å². The van der Waals surface area contributed by atoms with Crippen molar-refractivity contribution in [1.82, 2.24) is 0 Å². The minimum absolute atomic E-state index is 0.00638. The summed E-state index contributed by atoms with van der Waals surface area (Å²) in [5, 5.41) is 20.7. The SMILES string of the molecule is CCCCO[C@H]1O[C@H](COS(=O)(=O)c2ccc(C)cc2)[C@@H](O)[C@H](O)[C@H]1OCC. The molecule has 0 bridgehead atoms. The molecule has 1 heterocycles. The van der Waals surface area contributed by atoms with E-state index in [1.807, 2.05) is 13.8 Å². The van der Waals surface area contributed by atoms with Crippen LogP contribution in [0.4, 0.5) is 0 Å². The molecule has 2 N–H and O–H groups in total. The predicted molar refractivity (Wildman–Crippen MR) is 101 cm³/mol. The largest absolute Gasteiger partial charge is 0.387 e. The van der Waals surface area contributed by atoms with Crippen LogP contribution >= 0.6 is 0 Å². The van der Waals surface area contributed by atoms with E-state index in [2.05, 4.69) is 0 Å². The van der Waals surface area contributed by atoms with Gasteiger partial charge in [-0.15, -0.1) is 0 Å². The third-order valence-corrected chi connectivity index (χ3v) is 5.78. The molecule has 160 valence electrons. The summed E-state index contributed by atoms with van der Waals surface area (Å²) < 4.78 is 46.6. The number of aryl methyl sites for hydroxylation is 1. The Balaban J connectivity index is 2.05. The monoisotopic (exact) mass is 418 g/mol. The number of ether oxygens (including phenoxy) is 3. The lowest BCUT2D eigenvalue weighted by molar-refractivity contribution is -0.308. The quantitative estimate of drug-likeness (QED) is 0.433. The van der Waals surface area contributed by atoms with Gasteiger partial charge in [0.25, 0.3) is 10.1 Å². The lowest BCUT2D eigenvalue weighted by Crippen LogP contribution is -2.60. The fraction of sp³-hybridized carbons (Fsp3) is 0.684. The van der Waals surface area contributed by atoms with E-state index in [4.69, 9.17) is 18.4 Å². The molecule has 1 fully saturated rings. The molecule has 9 heteroatoms. The van der Waals surface area contributed by atoms with Crippen molar-refractivity contribution in [2.24, 2.45) is 0 Å². The average Bonchev–Trinajstić information content (AvgIpc) is 2.66. The molecule has 1 aliphatic rings. The first-order chi connectivity index (χ1) is 13.3. The van der Waals surface area contributed by atoms with Crippen molar-refractivity contribution in [1.29, 1.82) is 0 Å². The molecule has 2 rings (SSSR count). The third-order valence-electron chi connectivity index (χ3n) is 4.48. The Bertz CT molecular complexity index is 690. The van der Waals surface area contributed by atoms with Gasteiger partial charge in [-0.1, -0.05) is 31.0 Å². The predicted octanol–water partition coefficient (Wildman–Crippen LogP) is 1.37. The topological polar surface area (TPSA) is 112 Å². The van der Waals surface area contributed by atoms with E-state index in [9.17, 15) is 18.6 Å². The van der Waals surface area contributed by atoms with Crippen LogP contribution in [-0.4, -0.2) is 69.2 Å². The Morgan fingerprint density at radius 3 is 2.36 bits per heavy atom. The molecule has 1 aromatic rings. The second-order valence-corrected chi connectivity index (χ2v) is 8.34. The highest BCUT2D eigenvalue weighted by molar-refractivity contribution is 7.86. The van der Waals surface area contributed by atoms with Gasteiger partial charge in [0.05, 0.1) is 11.5 Å². The van der Waals surface area contributed by atoms with Crippen LogP contribution in [0.15, 0.2) is 29.2 Å². The molecule has 1 aliphatic heterocycles. The summed E-state index contributed by atoms with van der Waals surface area (Å²) in [5.41, 5.74) is 0.919. The Morgan fingerprint density at radius 1 is 1.07 bits per heavy atom. The highest BCUT2D eigenvalue weighted by Crippen LogP contribution is 2.26. The van der Waals surface area contributed by atoms with E-state index in [1.54, 1.807) is 19.1 Å². The van der Waals surface area contributed by atoms with E-state index in [-0.39, 0.29) is 4.90 Å². The van der Waals surface area contributed by atoms with E-state index in [0.29, 0.717) is 13.2 Å². The van der Waals surface area contributed by atoms with Gasteiger partial charge >= 0.3 is 0 Å². The van der Waals surface area contributed by atoms with Gasteiger partial charge in [0.2, 0.25) is 0 Å². The van der Waals surface area contributed by atoms with Gasteiger partial charge in [0, 0.05) is 13.2 Å². The van der Waals surface area contributed by atoms with Gasteiger partial charge in [0.15, 0.2) is 6.29 Å². The van der Waals surface area contributed by atoms with Gasteiger partial charge in [0.1, 0.15) is 24.4 Å². The Hall–Kier alpha value is -1.07. The molecule has 0 saturated carbocycles. The maximum absolute atomic E-state index is 12.4. The average molecular weight is 419 g/mol. The number of benzene rings is 1. The Morgan fingerprint density at radius 2 is 1.75 bits per heavy atom. The summed E-state index contributed by atoms with van der Waals surface area (Å²) in [5.74, 6) is 0. The number of unbranched alkanes of at least 4 members (excludes halogenated alkanes) is 1. The Labute approximate surface area is 166 Å². The lowest BCUT2D eigenvalue weighted by Gasteiger charge is -2.41. The minimum atomic E-state index is -4.02. The molecule has 28 heavy (non-hydrogen) atoms. The zero-order valence-electron chi connectivity index (χ0n) is 16.5. The van der Waals surface area contributed by atoms with Crippen molar-refractivity contribution in [2.75, 3.05) is 19.8 Å². The van der Waals surface area contributed by atoms with Crippen LogP contribution in [0.1, 0.15) is 32.3 Å². The van der Waals surface area contributed by atoms with E-state index in [1.165, 1.54) is 12.1 Å². The second-order valence-electron chi connectivity index (χ2n) is 6.72. The number of hydrogen-bond donors (Lipinski definition) is 2. The van der Waals surface area contributed by atoms with Gasteiger partial charge in [-0.3, -0.25) is 4.18 Å². The molecule has 0 amide bonds.